The molecule has 1 aromatic rings. The number of benzene rings is 1. The first kappa shape index (κ1) is 11.1. The van der Waals surface area contributed by atoms with E-state index in [1.807, 2.05) is 26.8 Å². The van der Waals surface area contributed by atoms with Crippen molar-refractivity contribution in [3.05, 3.63) is 28.2 Å². The van der Waals surface area contributed by atoms with Crippen LogP contribution in [0.25, 0.3) is 0 Å². The molecule has 0 spiro atoms. The third kappa shape index (κ3) is 3.04. The summed E-state index contributed by atoms with van der Waals surface area (Å²) in [7, 11) is 0. The van der Waals surface area contributed by atoms with Crippen LogP contribution in [0.2, 0.25) is 0 Å². The second kappa shape index (κ2) is 4.02. The lowest BCUT2D eigenvalue weighted by atomic mass is 10.2. The van der Waals surface area contributed by atoms with Crippen LogP contribution in [0.4, 0.5) is 0 Å². The van der Waals surface area contributed by atoms with Gasteiger partial charge in [-0.25, -0.2) is 0 Å². The molecular weight excluding hydrogens is 242 g/mol. The van der Waals surface area contributed by atoms with Gasteiger partial charge in [-0.3, -0.25) is 0 Å². The lowest BCUT2D eigenvalue weighted by Crippen LogP contribution is -2.22. The molecule has 0 atom stereocenters. The van der Waals surface area contributed by atoms with E-state index in [0.29, 0.717) is 5.56 Å². The van der Waals surface area contributed by atoms with Crippen LogP contribution in [0.5, 0.6) is 5.75 Å². The Balaban J connectivity index is 2.94. The highest BCUT2D eigenvalue weighted by molar-refractivity contribution is 9.10. The van der Waals surface area contributed by atoms with Crippen molar-refractivity contribution in [1.29, 1.82) is 5.26 Å². The van der Waals surface area contributed by atoms with Crippen LogP contribution in [0.1, 0.15) is 26.3 Å². The van der Waals surface area contributed by atoms with Gasteiger partial charge >= 0.3 is 0 Å². The van der Waals surface area contributed by atoms with Crippen molar-refractivity contribution >= 4 is 15.9 Å². The number of hydrogen-bond acceptors (Lipinski definition) is 2. The van der Waals surface area contributed by atoms with E-state index in [1.165, 1.54) is 0 Å². The van der Waals surface area contributed by atoms with Crippen molar-refractivity contribution in [2.75, 3.05) is 0 Å². The molecule has 14 heavy (non-hydrogen) atoms. The summed E-state index contributed by atoms with van der Waals surface area (Å²) in [5.41, 5.74) is 0.402. The van der Waals surface area contributed by atoms with E-state index in [0.717, 1.165) is 10.2 Å². The Bertz CT molecular complexity index is 374. The minimum Gasteiger partial charge on any atom is -0.488 e. The number of halogens is 1. The average molecular weight is 254 g/mol. The maximum absolute atomic E-state index is 8.72. The van der Waals surface area contributed by atoms with Crippen LogP contribution in [-0.4, -0.2) is 5.60 Å². The first-order valence-corrected chi connectivity index (χ1v) is 5.10. The van der Waals surface area contributed by atoms with Crippen molar-refractivity contribution in [2.24, 2.45) is 0 Å². The highest BCUT2D eigenvalue weighted by atomic mass is 79.9. The number of nitriles is 1. The van der Waals surface area contributed by atoms with E-state index in [4.69, 9.17) is 10.00 Å². The van der Waals surface area contributed by atoms with Crippen molar-refractivity contribution < 1.29 is 4.74 Å². The van der Waals surface area contributed by atoms with Crippen LogP contribution < -0.4 is 4.74 Å². The highest BCUT2D eigenvalue weighted by Gasteiger charge is 2.12. The fourth-order valence-corrected chi connectivity index (χ4v) is 1.45. The summed E-state index contributed by atoms with van der Waals surface area (Å²) < 4.78 is 6.41. The van der Waals surface area contributed by atoms with Gasteiger partial charge in [0.2, 0.25) is 0 Å². The number of hydrogen-bond donors (Lipinski definition) is 0. The number of rotatable bonds is 1. The van der Waals surface area contributed by atoms with E-state index in [1.54, 1.807) is 12.1 Å². The Hall–Kier alpha value is -1.01. The lowest BCUT2D eigenvalue weighted by Gasteiger charge is -2.21. The molecule has 2 nitrogen and oxygen atoms in total. The van der Waals surface area contributed by atoms with E-state index in [2.05, 4.69) is 22.0 Å². The van der Waals surface area contributed by atoms with Gasteiger partial charge in [-0.05, 0) is 54.9 Å². The maximum Gasteiger partial charge on any atom is 0.121 e. The first-order valence-electron chi connectivity index (χ1n) is 4.31. The molecule has 0 saturated carbocycles. The molecule has 0 aliphatic rings. The topological polar surface area (TPSA) is 33.0 Å². The Kier molecular flexibility index (Phi) is 3.17. The van der Waals surface area contributed by atoms with Crippen LogP contribution in [0.3, 0.4) is 0 Å². The molecule has 1 aromatic carbocycles. The molecule has 3 heteroatoms. The summed E-state index contributed by atoms with van der Waals surface area (Å²) in [5, 5.41) is 8.72. The monoisotopic (exact) mass is 253 g/mol. The zero-order valence-corrected chi connectivity index (χ0v) is 10.1. The fraction of sp³-hybridized carbons (Fsp3) is 0.364. The minimum atomic E-state index is -0.215. The van der Waals surface area contributed by atoms with Gasteiger partial charge in [0.05, 0.1) is 5.56 Å². The summed E-state index contributed by atoms with van der Waals surface area (Å²) in [4.78, 5) is 0. The zero-order valence-electron chi connectivity index (χ0n) is 8.47. The van der Waals surface area contributed by atoms with Gasteiger partial charge in [-0.15, -0.1) is 0 Å². The lowest BCUT2D eigenvalue weighted by molar-refractivity contribution is 0.131. The largest absolute Gasteiger partial charge is 0.488 e. The third-order valence-corrected chi connectivity index (χ3v) is 2.14. The molecule has 0 N–H and O–H groups in total. The zero-order chi connectivity index (χ0) is 10.8. The predicted molar refractivity (Wildman–Crippen MR) is 59.2 cm³/mol. The number of ether oxygens (including phenoxy) is 1. The third-order valence-electron chi connectivity index (χ3n) is 1.49. The summed E-state index contributed by atoms with van der Waals surface area (Å²) in [6, 6.07) is 7.43. The summed E-state index contributed by atoms with van der Waals surface area (Å²) in [5.74, 6) is 0.767. The molecule has 74 valence electrons. The average Bonchev–Trinajstić information content (AvgIpc) is 2.01. The highest BCUT2D eigenvalue weighted by Crippen LogP contribution is 2.25. The Labute approximate surface area is 92.6 Å². The van der Waals surface area contributed by atoms with Crippen LogP contribution >= 0.6 is 15.9 Å². The van der Waals surface area contributed by atoms with Crippen LogP contribution in [0, 0.1) is 11.3 Å². The SMILES string of the molecule is CC(C)(C)Oc1ccc(C#N)c(Br)c1. The van der Waals surface area contributed by atoms with Crippen molar-refractivity contribution in [2.45, 2.75) is 26.4 Å². The van der Waals surface area contributed by atoms with Gasteiger partial charge in [0.1, 0.15) is 17.4 Å². The van der Waals surface area contributed by atoms with Crippen LogP contribution in [0.15, 0.2) is 22.7 Å². The Morgan fingerprint density at radius 2 is 2.00 bits per heavy atom. The molecule has 0 fully saturated rings. The molecule has 0 radical (unpaired) electrons. The van der Waals surface area contributed by atoms with Crippen molar-refractivity contribution in [3.8, 4) is 11.8 Å². The minimum absolute atomic E-state index is 0.215. The quantitative estimate of drug-likeness (QED) is 0.768. The molecule has 0 saturated heterocycles. The van der Waals surface area contributed by atoms with Gasteiger partial charge in [0.15, 0.2) is 0 Å². The molecule has 0 aliphatic carbocycles. The molecule has 0 aromatic heterocycles. The summed E-state index contributed by atoms with van der Waals surface area (Å²) in [6.07, 6.45) is 0. The van der Waals surface area contributed by atoms with E-state index < -0.39 is 0 Å². The number of nitrogens with zero attached hydrogens (tertiary/aromatic N) is 1. The predicted octanol–water partition coefficient (Wildman–Crippen LogP) is 3.50. The van der Waals surface area contributed by atoms with Crippen LogP contribution in [-0.2, 0) is 0 Å². The molecule has 0 heterocycles. The van der Waals surface area contributed by atoms with E-state index in [-0.39, 0.29) is 5.60 Å². The second-order valence-electron chi connectivity index (χ2n) is 3.97. The molecule has 0 aliphatic heterocycles. The Morgan fingerprint density at radius 3 is 2.43 bits per heavy atom. The fourth-order valence-electron chi connectivity index (χ4n) is 1.00. The van der Waals surface area contributed by atoms with E-state index in [9.17, 15) is 0 Å². The van der Waals surface area contributed by atoms with Gasteiger partial charge in [-0.2, -0.15) is 5.26 Å². The van der Waals surface area contributed by atoms with Crippen molar-refractivity contribution in [3.63, 3.8) is 0 Å². The first-order chi connectivity index (χ1) is 6.42. The second-order valence-corrected chi connectivity index (χ2v) is 4.82. The molecular formula is C11H12BrNO. The molecule has 1 rings (SSSR count). The molecule has 0 amide bonds. The van der Waals surface area contributed by atoms with Gasteiger partial charge in [0.25, 0.3) is 0 Å². The van der Waals surface area contributed by atoms with Gasteiger partial charge in [-0.1, -0.05) is 0 Å². The van der Waals surface area contributed by atoms with E-state index >= 15 is 0 Å². The summed E-state index contributed by atoms with van der Waals surface area (Å²) in [6.45, 7) is 5.96. The normalized spacial score (nSPS) is 10.8. The molecule has 0 bridgehead atoms. The summed E-state index contributed by atoms with van der Waals surface area (Å²) >= 11 is 3.31. The van der Waals surface area contributed by atoms with Crippen molar-refractivity contribution in [1.82, 2.24) is 0 Å². The van der Waals surface area contributed by atoms with Gasteiger partial charge in [0, 0.05) is 4.47 Å². The standard InChI is InChI=1S/C11H12BrNO/c1-11(2,3)14-9-5-4-8(7-13)10(12)6-9/h4-6H,1-3H3. The van der Waals surface area contributed by atoms with Gasteiger partial charge < -0.3 is 4.74 Å². The Morgan fingerprint density at radius 1 is 1.36 bits per heavy atom. The molecule has 0 unspecified atom stereocenters. The smallest absolute Gasteiger partial charge is 0.121 e. The maximum atomic E-state index is 8.72.